The van der Waals surface area contributed by atoms with Crippen molar-refractivity contribution in [1.82, 2.24) is 5.32 Å². The molecule has 120 valence electrons. The van der Waals surface area contributed by atoms with Crippen molar-refractivity contribution in [2.24, 2.45) is 0 Å². The van der Waals surface area contributed by atoms with Gasteiger partial charge in [-0.1, -0.05) is 30.3 Å². The molecular formula is C16H21NO5. The van der Waals surface area contributed by atoms with Gasteiger partial charge in [0, 0.05) is 0 Å². The Balaban J connectivity index is 2.40. The van der Waals surface area contributed by atoms with E-state index in [0.717, 1.165) is 5.56 Å². The van der Waals surface area contributed by atoms with Crippen LogP contribution in [0.25, 0.3) is 0 Å². The third-order valence-corrected chi connectivity index (χ3v) is 2.49. The standard InChI is InChI=1S/C16H21NO5/c1-16(2,3)22-14(19)9-13(10-18)17-15(20)21-11-12-7-5-4-6-8-12/h4-8,10,13H,9,11H2,1-3H3,(H,17,20)/t13-/m1/s1. The van der Waals surface area contributed by atoms with Gasteiger partial charge in [0.2, 0.25) is 0 Å². The van der Waals surface area contributed by atoms with Gasteiger partial charge in [-0.2, -0.15) is 0 Å². The van der Waals surface area contributed by atoms with Crippen LogP contribution in [0.5, 0.6) is 0 Å². The van der Waals surface area contributed by atoms with Gasteiger partial charge in [0.1, 0.15) is 18.5 Å². The molecule has 1 aromatic carbocycles. The molecule has 0 fully saturated rings. The molecule has 0 heterocycles. The van der Waals surface area contributed by atoms with Crippen molar-refractivity contribution < 1.29 is 23.9 Å². The number of nitrogens with one attached hydrogen (secondary N) is 1. The van der Waals surface area contributed by atoms with Crippen LogP contribution in [-0.4, -0.2) is 30.0 Å². The van der Waals surface area contributed by atoms with Crippen molar-refractivity contribution in [3.63, 3.8) is 0 Å². The molecule has 1 aromatic rings. The van der Waals surface area contributed by atoms with Gasteiger partial charge in [-0.3, -0.25) is 4.79 Å². The lowest BCUT2D eigenvalue weighted by atomic mass is 10.2. The highest BCUT2D eigenvalue weighted by atomic mass is 16.6. The summed E-state index contributed by atoms with van der Waals surface area (Å²) in [6.45, 7) is 5.26. The zero-order valence-corrected chi connectivity index (χ0v) is 13.0. The molecule has 6 heteroatoms. The highest BCUT2D eigenvalue weighted by molar-refractivity contribution is 5.79. The Morgan fingerprint density at radius 1 is 1.23 bits per heavy atom. The van der Waals surface area contributed by atoms with Crippen LogP contribution in [0, 0.1) is 0 Å². The van der Waals surface area contributed by atoms with E-state index in [9.17, 15) is 14.4 Å². The van der Waals surface area contributed by atoms with Crippen LogP contribution in [0.4, 0.5) is 4.79 Å². The molecule has 0 aromatic heterocycles. The van der Waals surface area contributed by atoms with Gasteiger partial charge < -0.3 is 19.6 Å². The van der Waals surface area contributed by atoms with Crippen molar-refractivity contribution >= 4 is 18.3 Å². The predicted molar refractivity (Wildman–Crippen MR) is 80.1 cm³/mol. The molecule has 0 aliphatic heterocycles. The number of carbonyl (C=O) groups excluding carboxylic acids is 3. The first-order valence-corrected chi connectivity index (χ1v) is 6.94. The summed E-state index contributed by atoms with van der Waals surface area (Å²) in [5.41, 5.74) is 0.186. The van der Waals surface area contributed by atoms with Crippen molar-refractivity contribution in [2.75, 3.05) is 0 Å². The number of ether oxygens (including phenoxy) is 2. The van der Waals surface area contributed by atoms with Crippen molar-refractivity contribution in [3.8, 4) is 0 Å². The molecule has 1 rings (SSSR count). The van der Waals surface area contributed by atoms with E-state index in [4.69, 9.17) is 9.47 Å². The normalized spacial score (nSPS) is 12.1. The monoisotopic (exact) mass is 307 g/mol. The smallest absolute Gasteiger partial charge is 0.408 e. The molecule has 0 aliphatic carbocycles. The second-order valence-corrected chi connectivity index (χ2v) is 5.74. The number of hydrogen-bond donors (Lipinski definition) is 1. The van der Waals surface area contributed by atoms with Gasteiger partial charge >= 0.3 is 12.1 Å². The Morgan fingerprint density at radius 3 is 2.41 bits per heavy atom. The molecule has 0 saturated heterocycles. The lowest BCUT2D eigenvalue weighted by Gasteiger charge is -2.20. The van der Waals surface area contributed by atoms with Gasteiger partial charge in [-0.15, -0.1) is 0 Å². The average molecular weight is 307 g/mol. The van der Waals surface area contributed by atoms with Gasteiger partial charge in [0.25, 0.3) is 0 Å². The molecule has 0 unspecified atom stereocenters. The first kappa shape index (κ1) is 17.7. The molecule has 0 saturated carbocycles. The third-order valence-electron chi connectivity index (χ3n) is 2.49. The summed E-state index contributed by atoms with van der Waals surface area (Å²) in [5, 5.41) is 2.32. The van der Waals surface area contributed by atoms with Crippen LogP contribution in [-0.2, 0) is 25.7 Å². The fourth-order valence-electron chi connectivity index (χ4n) is 1.61. The summed E-state index contributed by atoms with van der Waals surface area (Å²) in [6, 6.07) is 8.15. The molecule has 0 bridgehead atoms. The second kappa shape index (κ2) is 8.17. The number of benzene rings is 1. The minimum Gasteiger partial charge on any atom is -0.460 e. The van der Waals surface area contributed by atoms with Crippen LogP contribution in [0.2, 0.25) is 0 Å². The number of hydrogen-bond acceptors (Lipinski definition) is 5. The molecule has 0 spiro atoms. The maximum Gasteiger partial charge on any atom is 0.408 e. The summed E-state index contributed by atoms with van der Waals surface area (Å²) in [5.74, 6) is -0.562. The highest BCUT2D eigenvalue weighted by Crippen LogP contribution is 2.09. The summed E-state index contributed by atoms with van der Waals surface area (Å²) >= 11 is 0. The van der Waals surface area contributed by atoms with Crippen LogP contribution in [0.15, 0.2) is 30.3 Å². The van der Waals surface area contributed by atoms with E-state index in [1.807, 2.05) is 30.3 Å². The molecule has 0 radical (unpaired) electrons. The fourth-order valence-corrected chi connectivity index (χ4v) is 1.61. The highest BCUT2D eigenvalue weighted by Gasteiger charge is 2.21. The first-order valence-electron chi connectivity index (χ1n) is 6.94. The largest absolute Gasteiger partial charge is 0.460 e. The molecule has 6 nitrogen and oxygen atoms in total. The number of amides is 1. The van der Waals surface area contributed by atoms with Crippen LogP contribution < -0.4 is 5.32 Å². The van der Waals surface area contributed by atoms with E-state index < -0.39 is 23.7 Å². The van der Waals surface area contributed by atoms with Gasteiger partial charge in [0.05, 0.1) is 12.5 Å². The maximum absolute atomic E-state index is 11.6. The SMILES string of the molecule is CC(C)(C)OC(=O)C[C@H](C=O)NC(=O)OCc1ccccc1. The Kier molecular flexibility index (Phi) is 6.56. The topological polar surface area (TPSA) is 81.7 Å². The van der Waals surface area contributed by atoms with Crippen LogP contribution in [0.3, 0.4) is 0 Å². The number of alkyl carbamates (subject to hydrolysis) is 1. The average Bonchev–Trinajstić information content (AvgIpc) is 2.43. The zero-order chi connectivity index (χ0) is 16.6. The summed E-state index contributed by atoms with van der Waals surface area (Å²) in [6.07, 6.45) is -0.515. The van der Waals surface area contributed by atoms with E-state index >= 15 is 0 Å². The Bertz CT molecular complexity index is 507. The summed E-state index contributed by atoms with van der Waals surface area (Å²) in [4.78, 5) is 34.2. The van der Waals surface area contributed by atoms with E-state index in [1.165, 1.54) is 0 Å². The molecule has 1 atom stereocenters. The van der Waals surface area contributed by atoms with E-state index in [-0.39, 0.29) is 13.0 Å². The Hall–Kier alpha value is -2.37. The lowest BCUT2D eigenvalue weighted by Crippen LogP contribution is -2.39. The molecule has 0 aliphatic rings. The van der Waals surface area contributed by atoms with Gasteiger partial charge in [-0.05, 0) is 26.3 Å². The Labute approximate surface area is 129 Å². The maximum atomic E-state index is 11.6. The third kappa shape index (κ3) is 7.42. The van der Waals surface area contributed by atoms with Crippen LogP contribution in [0.1, 0.15) is 32.8 Å². The summed E-state index contributed by atoms with van der Waals surface area (Å²) in [7, 11) is 0. The summed E-state index contributed by atoms with van der Waals surface area (Å²) < 4.78 is 10.1. The van der Waals surface area contributed by atoms with E-state index in [1.54, 1.807) is 20.8 Å². The first-order chi connectivity index (χ1) is 10.3. The number of carbonyl (C=O) groups is 3. The fraction of sp³-hybridized carbons (Fsp3) is 0.438. The number of rotatable bonds is 6. The van der Waals surface area contributed by atoms with Crippen molar-refractivity contribution in [3.05, 3.63) is 35.9 Å². The van der Waals surface area contributed by atoms with Crippen molar-refractivity contribution in [1.29, 1.82) is 0 Å². The van der Waals surface area contributed by atoms with E-state index in [2.05, 4.69) is 5.32 Å². The van der Waals surface area contributed by atoms with Crippen LogP contribution >= 0.6 is 0 Å². The minimum absolute atomic E-state index is 0.0880. The zero-order valence-electron chi connectivity index (χ0n) is 13.0. The lowest BCUT2D eigenvalue weighted by molar-refractivity contribution is -0.155. The molecular weight excluding hydrogens is 286 g/mol. The number of esters is 1. The minimum atomic E-state index is -0.974. The quantitative estimate of drug-likeness (QED) is 0.643. The molecule has 1 N–H and O–H groups in total. The number of aldehydes is 1. The van der Waals surface area contributed by atoms with Crippen molar-refractivity contribution in [2.45, 2.75) is 45.4 Å². The van der Waals surface area contributed by atoms with E-state index in [0.29, 0.717) is 6.29 Å². The predicted octanol–water partition coefficient (Wildman–Crippen LogP) is 2.21. The molecule has 1 amide bonds. The second-order valence-electron chi connectivity index (χ2n) is 5.74. The Morgan fingerprint density at radius 2 is 1.86 bits per heavy atom. The van der Waals surface area contributed by atoms with Gasteiger partial charge in [0.15, 0.2) is 0 Å². The molecule has 22 heavy (non-hydrogen) atoms. The van der Waals surface area contributed by atoms with Gasteiger partial charge in [-0.25, -0.2) is 4.79 Å².